The number of hydrogen-bond donors (Lipinski definition) is 1. The largest absolute Gasteiger partial charge is 0.351 e. The molecular weight excluding hydrogens is 238 g/mol. The smallest absolute Gasteiger partial charge is 0.224 e. The van der Waals surface area contributed by atoms with E-state index in [9.17, 15) is 0 Å². The molecule has 5 nitrogen and oxygen atoms in total. The summed E-state index contributed by atoms with van der Waals surface area (Å²) in [6.07, 6.45) is 3.43. The Morgan fingerprint density at radius 1 is 1.42 bits per heavy atom. The summed E-state index contributed by atoms with van der Waals surface area (Å²) in [6, 6.07) is 4.19. The maximum Gasteiger partial charge on any atom is 0.224 e. The van der Waals surface area contributed by atoms with Crippen LogP contribution in [0.3, 0.4) is 0 Å². The second-order valence-corrected chi connectivity index (χ2v) is 5.09. The molecule has 1 fully saturated rings. The van der Waals surface area contributed by atoms with Crippen LogP contribution in [0.15, 0.2) is 6.07 Å². The third-order valence-electron chi connectivity index (χ3n) is 3.43. The average Bonchev–Trinajstić information content (AvgIpc) is 2.40. The molecule has 102 valence electrons. The van der Waals surface area contributed by atoms with Crippen molar-refractivity contribution in [3.05, 3.63) is 17.5 Å². The number of anilines is 1. The number of aromatic nitrogens is 2. The van der Waals surface area contributed by atoms with Crippen molar-refractivity contribution in [3.8, 4) is 6.07 Å². The maximum absolute atomic E-state index is 8.91. The van der Waals surface area contributed by atoms with Gasteiger partial charge in [-0.25, -0.2) is 9.97 Å². The molecule has 1 aromatic rings. The SMILES string of the molecule is CCCN1CCC(Nc2nc(C)cc(C#N)n2)CC1. The van der Waals surface area contributed by atoms with Gasteiger partial charge in [0.25, 0.3) is 0 Å². The summed E-state index contributed by atoms with van der Waals surface area (Å²) >= 11 is 0. The van der Waals surface area contributed by atoms with E-state index in [0.29, 0.717) is 17.7 Å². The topological polar surface area (TPSA) is 64.8 Å². The van der Waals surface area contributed by atoms with Crippen molar-refractivity contribution >= 4 is 5.95 Å². The van der Waals surface area contributed by atoms with Gasteiger partial charge in [0, 0.05) is 24.8 Å². The highest BCUT2D eigenvalue weighted by atomic mass is 15.2. The lowest BCUT2D eigenvalue weighted by molar-refractivity contribution is 0.219. The molecule has 1 aliphatic rings. The highest BCUT2D eigenvalue weighted by Crippen LogP contribution is 2.15. The summed E-state index contributed by atoms with van der Waals surface area (Å²) in [4.78, 5) is 11.0. The maximum atomic E-state index is 8.91. The molecule has 0 atom stereocenters. The number of nitrogens with zero attached hydrogens (tertiary/aromatic N) is 4. The molecule has 2 rings (SSSR count). The summed E-state index contributed by atoms with van der Waals surface area (Å²) in [5.41, 5.74) is 1.26. The first-order chi connectivity index (χ1) is 9.21. The molecule has 19 heavy (non-hydrogen) atoms. The van der Waals surface area contributed by atoms with E-state index in [4.69, 9.17) is 5.26 Å². The van der Waals surface area contributed by atoms with Gasteiger partial charge in [0.1, 0.15) is 11.8 Å². The number of piperidine rings is 1. The first-order valence-electron chi connectivity index (χ1n) is 6.96. The van der Waals surface area contributed by atoms with Crippen LogP contribution < -0.4 is 5.32 Å². The lowest BCUT2D eigenvalue weighted by atomic mass is 10.1. The monoisotopic (exact) mass is 259 g/mol. The van der Waals surface area contributed by atoms with Gasteiger partial charge in [-0.05, 0) is 38.8 Å². The molecule has 0 amide bonds. The van der Waals surface area contributed by atoms with E-state index in [-0.39, 0.29) is 0 Å². The molecule has 0 aromatic carbocycles. The number of aryl methyl sites for hydroxylation is 1. The van der Waals surface area contributed by atoms with E-state index >= 15 is 0 Å². The Bertz CT molecular complexity index is 457. The number of rotatable bonds is 4. The second kappa shape index (κ2) is 6.48. The van der Waals surface area contributed by atoms with Crippen molar-refractivity contribution < 1.29 is 0 Å². The highest BCUT2D eigenvalue weighted by molar-refractivity contribution is 5.33. The van der Waals surface area contributed by atoms with Crippen molar-refractivity contribution in [2.75, 3.05) is 25.0 Å². The van der Waals surface area contributed by atoms with Gasteiger partial charge < -0.3 is 10.2 Å². The standard InChI is InChI=1S/C14H21N5/c1-3-6-19-7-4-12(5-8-19)17-14-16-11(2)9-13(10-15)18-14/h9,12H,3-8H2,1-2H3,(H,16,17,18). The van der Waals surface area contributed by atoms with Crippen LogP contribution in [0.1, 0.15) is 37.6 Å². The Hall–Kier alpha value is -1.67. The molecule has 0 unspecified atom stereocenters. The van der Waals surface area contributed by atoms with Gasteiger partial charge in [0.15, 0.2) is 0 Å². The Morgan fingerprint density at radius 2 is 2.16 bits per heavy atom. The van der Waals surface area contributed by atoms with Crippen LogP contribution in [0, 0.1) is 18.3 Å². The summed E-state index contributed by atoms with van der Waals surface area (Å²) in [7, 11) is 0. The van der Waals surface area contributed by atoms with Gasteiger partial charge in [-0.1, -0.05) is 6.92 Å². The normalized spacial score (nSPS) is 17.1. The van der Waals surface area contributed by atoms with Gasteiger partial charge in [-0.15, -0.1) is 0 Å². The molecule has 0 aliphatic carbocycles. The van der Waals surface area contributed by atoms with E-state index in [1.54, 1.807) is 6.07 Å². The molecule has 1 N–H and O–H groups in total. The molecule has 1 aliphatic heterocycles. The number of nitrogens with one attached hydrogen (secondary N) is 1. The fourth-order valence-electron chi connectivity index (χ4n) is 2.49. The van der Waals surface area contributed by atoms with Crippen LogP contribution in [0.25, 0.3) is 0 Å². The van der Waals surface area contributed by atoms with Crippen LogP contribution in [-0.2, 0) is 0 Å². The number of hydrogen-bond acceptors (Lipinski definition) is 5. The Kier molecular flexibility index (Phi) is 4.69. The predicted molar refractivity (Wildman–Crippen MR) is 74.9 cm³/mol. The first-order valence-corrected chi connectivity index (χ1v) is 6.96. The highest BCUT2D eigenvalue weighted by Gasteiger charge is 2.19. The lowest BCUT2D eigenvalue weighted by Crippen LogP contribution is -2.39. The fourth-order valence-corrected chi connectivity index (χ4v) is 2.49. The van der Waals surface area contributed by atoms with Crippen LogP contribution in [0.5, 0.6) is 0 Å². The van der Waals surface area contributed by atoms with Crippen molar-refractivity contribution in [3.63, 3.8) is 0 Å². The third-order valence-corrected chi connectivity index (χ3v) is 3.43. The third kappa shape index (κ3) is 3.90. The zero-order chi connectivity index (χ0) is 13.7. The van der Waals surface area contributed by atoms with E-state index < -0.39 is 0 Å². The lowest BCUT2D eigenvalue weighted by Gasteiger charge is -2.32. The van der Waals surface area contributed by atoms with Crippen LogP contribution in [0.4, 0.5) is 5.95 Å². The van der Waals surface area contributed by atoms with Gasteiger partial charge in [-0.2, -0.15) is 5.26 Å². The molecule has 1 saturated heterocycles. The molecule has 1 aromatic heterocycles. The van der Waals surface area contributed by atoms with Crippen molar-refractivity contribution in [2.45, 2.75) is 39.2 Å². The van der Waals surface area contributed by atoms with Crippen LogP contribution in [0.2, 0.25) is 0 Å². The first kappa shape index (κ1) is 13.8. The minimum atomic E-state index is 0.418. The molecule has 0 spiro atoms. The second-order valence-electron chi connectivity index (χ2n) is 5.09. The minimum absolute atomic E-state index is 0.418. The van der Waals surface area contributed by atoms with Crippen LogP contribution >= 0.6 is 0 Å². The van der Waals surface area contributed by atoms with Crippen molar-refractivity contribution in [1.29, 1.82) is 5.26 Å². The molecule has 0 radical (unpaired) electrons. The van der Waals surface area contributed by atoms with E-state index in [0.717, 1.165) is 31.6 Å². The molecule has 5 heteroatoms. The molecule has 0 saturated carbocycles. The summed E-state index contributed by atoms with van der Waals surface area (Å²) < 4.78 is 0. The Balaban J connectivity index is 1.92. The summed E-state index contributed by atoms with van der Waals surface area (Å²) in [5, 5.41) is 12.3. The quantitative estimate of drug-likeness (QED) is 0.895. The van der Waals surface area contributed by atoms with Gasteiger partial charge in [-0.3, -0.25) is 0 Å². The van der Waals surface area contributed by atoms with Crippen molar-refractivity contribution in [2.24, 2.45) is 0 Å². The summed E-state index contributed by atoms with van der Waals surface area (Å²) in [6.45, 7) is 7.54. The van der Waals surface area contributed by atoms with Crippen LogP contribution in [-0.4, -0.2) is 40.5 Å². The number of likely N-dealkylation sites (tertiary alicyclic amines) is 1. The van der Waals surface area contributed by atoms with Gasteiger partial charge >= 0.3 is 0 Å². The van der Waals surface area contributed by atoms with E-state index in [1.807, 2.05) is 6.92 Å². The van der Waals surface area contributed by atoms with Crippen molar-refractivity contribution in [1.82, 2.24) is 14.9 Å². The van der Waals surface area contributed by atoms with Gasteiger partial charge in [0.05, 0.1) is 0 Å². The van der Waals surface area contributed by atoms with E-state index in [1.165, 1.54) is 13.0 Å². The van der Waals surface area contributed by atoms with E-state index in [2.05, 4.69) is 33.2 Å². The zero-order valence-electron chi connectivity index (χ0n) is 11.7. The Labute approximate surface area is 114 Å². The Morgan fingerprint density at radius 3 is 2.79 bits per heavy atom. The van der Waals surface area contributed by atoms with Gasteiger partial charge in [0.2, 0.25) is 5.95 Å². The average molecular weight is 259 g/mol. The molecule has 2 heterocycles. The fraction of sp³-hybridized carbons (Fsp3) is 0.643. The minimum Gasteiger partial charge on any atom is -0.351 e. The summed E-state index contributed by atoms with van der Waals surface area (Å²) in [5.74, 6) is 0.588. The molecular formula is C14H21N5. The number of nitriles is 1. The molecule has 0 bridgehead atoms. The predicted octanol–water partition coefficient (Wildman–Crippen LogP) is 1.94. The zero-order valence-corrected chi connectivity index (χ0v) is 11.7.